The van der Waals surface area contributed by atoms with Crippen molar-refractivity contribution in [3.05, 3.63) is 65.7 Å². The Hall–Kier alpha value is -1.92. The molecule has 0 spiro atoms. The molecule has 1 fully saturated rings. The molecule has 2 heterocycles. The summed E-state index contributed by atoms with van der Waals surface area (Å²) < 4.78 is 5.70. The van der Waals surface area contributed by atoms with Crippen molar-refractivity contribution in [2.24, 2.45) is 0 Å². The van der Waals surface area contributed by atoms with E-state index in [1.54, 1.807) is 0 Å². The molecule has 2 aromatic carbocycles. The molecule has 4 atom stereocenters. The zero-order valence-corrected chi connectivity index (χ0v) is 17.4. The number of hydrogen-bond donors (Lipinski definition) is 1. The molecule has 2 aliphatic rings. The fourth-order valence-corrected chi connectivity index (χ4v) is 4.63. The van der Waals surface area contributed by atoms with Crippen LogP contribution in [0.1, 0.15) is 36.3 Å². The molecule has 4 rings (SSSR count). The van der Waals surface area contributed by atoms with Crippen molar-refractivity contribution in [2.75, 3.05) is 39.9 Å². The third-order valence-electron chi connectivity index (χ3n) is 6.41. The lowest BCUT2D eigenvalue weighted by Gasteiger charge is -2.39. The maximum atomic E-state index is 5.70. The van der Waals surface area contributed by atoms with Crippen molar-refractivity contribution in [1.82, 2.24) is 10.2 Å². The lowest BCUT2D eigenvalue weighted by atomic mass is 9.88. The molecule has 0 aromatic heterocycles. The fourth-order valence-electron chi connectivity index (χ4n) is 4.63. The molecular weight excluding hydrogens is 364 g/mol. The van der Waals surface area contributed by atoms with E-state index in [9.17, 15) is 0 Å². The summed E-state index contributed by atoms with van der Waals surface area (Å²) in [4.78, 5) is 13.4. The van der Waals surface area contributed by atoms with Gasteiger partial charge >= 0.3 is 0 Å². The van der Waals surface area contributed by atoms with Crippen LogP contribution in [0.2, 0.25) is 0 Å². The smallest absolute Gasteiger partial charge is 0.169 e. The average Bonchev–Trinajstić information content (AvgIpc) is 2.79. The van der Waals surface area contributed by atoms with Crippen LogP contribution in [0.15, 0.2) is 54.6 Å². The SMILES string of the molecule is COC(C)C(CCN1CCNC([C@@H]2COOc3ccccc32)C1)c1ccccc1. The minimum Gasteiger partial charge on any atom is -0.381 e. The van der Waals surface area contributed by atoms with Crippen LogP contribution in [0.4, 0.5) is 0 Å². The Bertz CT molecular complexity index is 770. The van der Waals surface area contributed by atoms with E-state index < -0.39 is 0 Å². The minimum absolute atomic E-state index is 0.201. The number of benzene rings is 2. The van der Waals surface area contributed by atoms with Gasteiger partial charge in [-0.15, -0.1) is 0 Å². The summed E-state index contributed by atoms with van der Waals surface area (Å²) in [6.45, 7) is 6.93. The van der Waals surface area contributed by atoms with Crippen LogP contribution < -0.4 is 10.2 Å². The molecule has 1 N–H and O–H groups in total. The van der Waals surface area contributed by atoms with Crippen molar-refractivity contribution in [2.45, 2.75) is 37.3 Å². The first kappa shape index (κ1) is 20.4. The van der Waals surface area contributed by atoms with Gasteiger partial charge in [0.15, 0.2) is 5.75 Å². The van der Waals surface area contributed by atoms with Gasteiger partial charge < -0.3 is 19.8 Å². The monoisotopic (exact) mass is 396 g/mol. The molecule has 0 bridgehead atoms. The number of para-hydroxylation sites is 1. The molecule has 2 aliphatic heterocycles. The zero-order chi connectivity index (χ0) is 20.1. The lowest BCUT2D eigenvalue weighted by molar-refractivity contribution is -0.223. The topological polar surface area (TPSA) is 43.0 Å². The third-order valence-corrected chi connectivity index (χ3v) is 6.41. The van der Waals surface area contributed by atoms with Gasteiger partial charge in [0.05, 0.1) is 6.10 Å². The van der Waals surface area contributed by atoms with Crippen LogP contribution in [0.3, 0.4) is 0 Å². The van der Waals surface area contributed by atoms with Gasteiger partial charge in [0, 0.05) is 50.2 Å². The van der Waals surface area contributed by atoms with E-state index >= 15 is 0 Å². The van der Waals surface area contributed by atoms with Crippen molar-refractivity contribution in [1.29, 1.82) is 0 Å². The molecule has 0 amide bonds. The van der Waals surface area contributed by atoms with Gasteiger partial charge in [-0.1, -0.05) is 48.5 Å². The predicted octanol–water partition coefficient (Wildman–Crippen LogP) is 3.58. The Morgan fingerprint density at radius 1 is 1.14 bits per heavy atom. The summed E-state index contributed by atoms with van der Waals surface area (Å²) in [6.07, 6.45) is 1.29. The van der Waals surface area contributed by atoms with Crippen LogP contribution in [0, 0.1) is 0 Å². The van der Waals surface area contributed by atoms with Crippen LogP contribution >= 0.6 is 0 Å². The van der Waals surface area contributed by atoms with Gasteiger partial charge in [-0.05, 0) is 31.5 Å². The maximum Gasteiger partial charge on any atom is 0.169 e. The molecule has 5 nitrogen and oxygen atoms in total. The minimum atomic E-state index is 0.201. The van der Waals surface area contributed by atoms with Crippen LogP contribution in [0.25, 0.3) is 0 Å². The zero-order valence-electron chi connectivity index (χ0n) is 17.4. The maximum absolute atomic E-state index is 5.70. The predicted molar refractivity (Wildman–Crippen MR) is 114 cm³/mol. The number of nitrogens with zero attached hydrogens (tertiary/aromatic N) is 1. The van der Waals surface area contributed by atoms with Gasteiger partial charge in [0.25, 0.3) is 0 Å². The molecule has 1 saturated heterocycles. The Morgan fingerprint density at radius 3 is 2.76 bits per heavy atom. The van der Waals surface area contributed by atoms with Crippen molar-refractivity contribution in [3.63, 3.8) is 0 Å². The van der Waals surface area contributed by atoms with Crippen molar-refractivity contribution in [3.8, 4) is 5.75 Å². The van der Waals surface area contributed by atoms with Gasteiger partial charge in [-0.25, -0.2) is 0 Å². The highest BCUT2D eigenvalue weighted by Crippen LogP contribution is 2.34. The summed E-state index contributed by atoms with van der Waals surface area (Å²) in [7, 11) is 1.81. The van der Waals surface area contributed by atoms with Crippen molar-refractivity contribution < 1.29 is 14.5 Å². The molecule has 29 heavy (non-hydrogen) atoms. The molecule has 0 radical (unpaired) electrons. The summed E-state index contributed by atoms with van der Waals surface area (Å²) >= 11 is 0. The number of ether oxygens (including phenoxy) is 1. The number of rotatable bonds is 7. The molecule has 0 aliphatic carbocycles. The first-order valence-corrected chi connectivity index (χ1v) is 10.7. The quantitative estimate of drug-likeness (QED) is 0.725. The number of methoxy groups -OCH3 is 1. The molecule has 0 saturated carbocycles. The molecular formula is C24H32N2O3. The van der Waals surface area contributed by atoms with Crippen LogP contribution in [-0.4, -0.2) is 56.9 Å². The highest BCUT2D eigenvalue weighted by atomic mass is 17.2. The summed E-state index contributed by atoms with van der Waals surface area (Å²) in [5.74, 6) is 1.56. The van der Waals surface area contributed by atoms with E-state index in [0.29, 0.717) is 24.5 Å². The average molecular weight is 397 g/mol. The molecule has 156 valence electrons. The second kappa shape index (κ2) is 9.72. The highest BCUT2D eigenvalue weighted by molar-refractivity contribution is 5.38. The van der Waals surface area contributed by atoms with Gasteiger partial charge in [0.1, 0.15) is 6.61 Å². The Morgan fingerprint density at radius 2 is 1.93 bits per heavy atom. The second-order valence-corrected chi connectivity index (χ2v) is 8.12. The first-order valence-electron chi connectivity index (χ1n) is 10.7. The summed E-state index contributed by atoms with van der Waals surface area (Å²) in [5, 5.41) is 3.71. The highest BCUT2D eigenvalue weighted by Gasteiger charge is 2.33. The second-order valence-electron chi connectivity index (χ2n) is 8.12. The number of piperazine rings is 1. The fraction of sp³-hybridized carbons (Fsp3) is 0.500. The third kappa shape index (κ3) is 4.81. The van der Waals surface area contributed by atoms with E-state index in [0.717, 1.165) is 38.3 Å². The van der Waals surface area contributed by atoms with Gasteiger partial charge in [-0.3, -0.25) is 0 Å². The van der Waals surface area contributed by atoms with E-state index in [-0.39, 0.29) is 6.10 Å². The van der Waals surface area contributed by atoms with Gasteiger partial charge in [0.2, 0.25) is 0 Å². The van der Waals surface area contributed by atoms with Crippen LogP contribution in [-0.2, 0) is 9.62 Å². The Balaban J connectivity index is 1.40. The first-order chi connectivity index (χ1) is 14.3. The largest absolute Gasteiger partial charge is 0.381 e. The van der Waals surface area contributed by atoms with E-state index in [1.165, 1.54) is 11.1 Å². The van der Waals surface area contributed by atoms with E-state index in [1.807, 2.05) is 19.2 Å². The summed E-state index contributed by atoms with van der Waals surface area (Å²) in [5.41, 5.74) is 2.61. The molecule has 3 unspecified atom stereocenters. The van der Waals surface area contributed by atoms with Crippen LogP contribution in [0.5, 0.6) is 5.75 Å². The normalized spacial score (nSPS) is 24.3. The van der Waals surface area contributed by atoms with E-state index in [2.05, 4.69) is 59.6 Å². The summed E-state index contributed by atoms with van der Waals surface area (Å²) in [6, 6.07) is 19.3. The number of nitrogens with one attached hydrogen (secondary N) is 1. The number of fused-ring (bicyclic) bond motifs is 1. The van der Waals surface area contributed by atoms with Crippen molar-refractivity contribution >= 4 is 0 Å². The van der Waals surface area contributed by atoms with E-state index in [4.69, 9.17) is 14.5 Å². The molecule has 2 aromatic rings. The van der Waals surface area contributed by atoms with Gasteiger partial charge in [-0.2, -0.15) is 4.89 Å². The Kier molecular flexibility index (Phi) is 6.82. The standard InChI is InChI=1S/C24H32N2O3/c1-18(27-2)20(19-8-4-3-5-9-19)12-14-26-15-13-25-23(16-26)22-17-28-29-24-11-7-6-10-21(22)24/h3-11,18,20,22-23,25H,12-17H2,1-2H3/t18?,20?,22-,23?/m1/s1. The molecule has 5 heteroatoms. The Labute approximate surface area is 173 Å². The lowest BCUT2D eigenvalue weighted by Crippen LogP contribution is -2.54. The number of hydrogen-bond acceptors (Lipinski definition) is 5.